The number of carbonyl (C=O) groups excluding carboxylic acids is 1. The van der Waals surface area contributed by atoms with Crippen molar-refractivity contribution >= 4 is 17.5 Å². The summed E-state index contributed by atoms with van der Waals surface area (Å²) in [6.45, 7) is 0. The first-order chi connectivity index (χ1) is 16.1. The van der Waals surface area contributed by atoms with E-state index in [1.807, 2.05) is 12.1 Å². The molecule has 4 saturated carbocycles. The van der Waals surface area contributed by atoms with Gasteiger partial charge in [0, 0.05) is 17.3 Å². The first-order valence-electron chi connectivity index (χ1n) is 11.7. The second kappa shape index (κ2) is 9.00. The minimum Gasteiger partial charge on any atom is -0.497 e. The van der Waals surface area contributed by atoms with E-state index in [1.165, 1.54) is 37.7 Å². The van der Waals surface area contributed by atoms with E-state index in [0.717, 1.165) is 23.2 Å². The Hall–Kier alpha value is -3.15. The number of benzene rings is 2. The lowest BCUT2D eigenvalue weighted by molar-refractivity contribution is 0.0675. The normalized spacial score (nSPS) is 24.9. The lowest BCUT2D eigenvalue weighted by Crippen LogP contribution is -2.40. The molecule has 2 aromatic rings. The Morgan fingerprint density at radius 3 is 1.97 bits per heavy atom. The third-order valence-corrected chi connectivity index (χ3v) is 7.40. The Bertz CT molecular complexity index is 1030. The quantitative estimate of drug-likeness (QED) is 0.538. The molecule has 0 aromatic heterocycles. The van der Waals surface area contributed by atoms with Gasteiger partial charge in [0.1, 0.15) is 23.0 Å². The Morgan fingerprint density at radius 1 is 0.788 bits per heavy atom. The Balaban J connectivity index is 1.40. The maximum Gasteiger partial charge on any atom is 0.417 e. The van der Waals surface area contributed by atoms with Gasteiger partial charge in [-0.3, -0.25) is 5.32 Å². The van der Waals surface area contributed by atoms with Gasteiger partial charge in [-0.25, -0.2) is 4.79 Å². The Morgan fingerprint density at radius 2 is 1.39 bits per heavy atom. The van der Waals surface area contributed by atoms with Crippen molar-refractivity contribution in [2.45, 2.75) is 32.1 Å². The van der Waals surface area contributed by atoms with Gasteiger partial charge in [-0.1, -0.05) is 0 Å². The van der Waals surface area contributed by atoms with Gasteiger partial charge in [0.2, 0.25) is 0 Å². The van der Waals surface area contributed by atoms with E-state index in [9.17, 15) is 4.79 Å². The lowest BCUT2D eigenvalue weighted by atomic mass is 9.54. The van der Waals surface area contributed by atoms with Crippen molar-refractivity contribution in [1.82, 2.24) is 0 Å². The highest BCUT2D eigenvalue weighted by molar-refractivity contribution is 5.87. The second-order valence-corrected chi connectivity index (χ2v) is 9.43. The fourth-order valence-corrected chi connectivity index (χ4v) is 6.28. The van der Waals surface area contributed by atoms with Gasteiger partial charge in [0.25, 0.3) is 0 Å². The van der Waals surface area contributed by atoms with E-state index >= 15 is 0 Å². The molecule has 0 saturated heterocycles. The molecule has 4 aliphatic rings. The zero-order valence-electron chi connectivity index (χ0n) is 19.4. The van der Waals surface area contributed by atoms with E-state index in [2.05, 4.69) is 5.32 Å². The number of allylic oxidation sites excluding steroid dienone is 1. The zero-order chi connectivity index (χ0) is 22.9. The van der Waals surface area contributed by atoms with Crippen LogP contribution in [0.5, 0.6) is 17.2 Å². The molecule has 4 bridgehead atoms. The SMILES string of the molecule is COC(=C1C2CC3CC(C2)CC1C3)c1cc(NC(=O)Oc2ccc(OC)cc2)cc(OC)c1. The molecule has 6 rings (SSSR count). The number of hydrogen-bond acceptors (Lipinski definition) is 5. The number of ether oxygens (including phenoxy) is 4. The first kappa shape index (κ1) is 21.7. The van der Waals surface area contributed by atoms with Crippen LogP contribution in [-0.2, 0) is 4.74 Å². The van der Waals surface area contributed by atoms with Crippen molar-refractivity contribution in [3.8, 4) is 17.2 Å². The highest BCUT2D eigenvalue weighted by atomic mass is 16.6. The summed E-state index contributed by atoms with van der Waals surface area (Å²) in [5.41, 5.74) is 2.99. The molecule has 1 amide bonds. The number of rotatable bonds is 6. The maximum absolute atomic E-state index is 12.5. The molecule has 0 radical (unpaired) electrons. The molecule has 33 heavy (non-hydrogen) atoms. The average molecular weight is 450 g/mol. The number of anilines is 1. The van der Waals surface area contributed by atoms with Crippen molar-refractivity contribution in [3.63, 3.8) is 0 Å². The smallest absolute Gasteiger partial charge is 0.417 e. The van der Waals surface area contributed by atoms with E-state index in [4.69, 9.17) is 18.9 Å². The van der Waals surface area contributed by atoms with Crippen LogP contribution in [0.1, 0.15) is 37.7 Å². The van der Waals surface area contributed by atoms with E-state index in [0.29, 0.717) is 34.8 Å². The summed E-state index contributed by atoms with van der Waals surface area (Å²) in [5, 5.41) is 2.83. The predicted molar refractivity (Wildman–Crippen MR) is 127 cm³/mol. The van der Waals surface area contributed by atoms with E-state index in [1.54, 1.807) is 51.7 Å². The summed E-state index contributed by atoms with van der Waals surface area (Å²) in [4.78, 5) is 12.5. The third kappa shape index (κ3) is 4.39. The van der Waals surface area contributed by atoms with Crippen LogP contribution < -0.4 is 19.5 Å². The van der Waals surface area contributed by atoms with Crippen LogP contribution in [0.15, 0.2) is 48.0 Å². The van der Waals surface area contributed by atoms with Crippen LogP contribution >= 0.6 is 0 Å². The molecule has 1 N–H and O–H groups in total. The Kier molecular flexibility index (Phi) is 5.92. The fourth-order valence-electron chi connectivity index (χ4n) is 6.28. The predicted octanol–water partition coefficient (Wildman–Crippen LogP) is 6.13. The van der Waals surface area contributed by atoms with E-state index in [-0.39, 0.29) is 0 Å². The summed E-state index contributed by atoms with van der Waals surface area (Å²) in [7, 11) is 4.97. The number of hydrogen-bond donors (Lipinski definition) is 1. The van der Waals surface area contributed by atoms with Gasteiger partial charge in [0.05, 0.1) is 21.3 Å². The molecular weight excluding hydrogens is 418 g/mol. The Labute approximate surface area is 194 Å². The lowest BCUT2D eigenvalue weighted by Gasteiger charge is -2.51. The molecule has 4 fully saturated rings. The summed E-state index contributed by atoms with van der Waals surface area (Å²) >= 11 is 0. The average Bonchev–Trinajstić information content (AvgIpc) is 2.81. The minimum absolute atomic E-state index is 0.435. The molecule has 0 spiro atoms. The third-order valence-electron chi connectivity index (χ3n) is 7.40. The molecule has 2 aromatic carbocycles. The van der Waals surface area contributed by atoms with Gasteiger partial charge in [0.15, 0.2) is 0 Å². The maximum atomic E-state index is 12.5. The van der Waals surface area contributed by atoms with Crippen molar-refractivity contribution in [2.24, 2.45) is 23.7 Å². The molecule has 0 atom stereocenters. The van der Waals surface area contributed by atoms with Crippen LogP contribution in [0.3, 0.4) is 0 Å². The zero-order valence-corrected chi connectivity index (χ0v) is 19.4. The van der Waals surface area contributed by atoms with Gasteiger partial charge >= 0.3 is 6.09 Å². The summed E-state index contributed by atoms with van der Waals surface area (Å²) in [6, 6.07) is 12.6. The summed E-state index contributed by atoms with van der Waals surface area (Å²) in [6.07, 6.45) is 5.94. The number of amides is 1. The largest absolute Gasteiger partial charge is 0.497 e. The van der Waals surface area contributed by atoms with Gasteiger partial charge < -0.3 is 18.9 Å². The topological polar surface area (TPSA) is 66.0 Å². The molecule has 0 unspecified atom stereocenters. The first-order valence-corrected chi connectivity index (χ1v) is 11.7. The molecule has 0 aliphatic heterocycles. The van der Waals surface area contributed by atoms with Crippen molar-refractivity contribution in [2.75, 3.05) is 26.6 Å². The monoisotopic (exact) mass is 449 g/mol. The minimum atomic E-state index is -0.569. The van der Waals surface area contributed by atoms with Crippen LogP contribution in [0, 0.1) is 23.7 Å². The van der Waals surface area contributed by atoms with E-state index < -0.39 is 6.09 Å². The highest BCUT2D eigenvalue weighted by Crippen LogP contribution is 2.58. The van der Waals surface area contributed by atoms with Gasteiger partial charge in [-0.15, -0.1) is 0 Å². The van der Waals surface area contributed by atoms with Crippen LogP contribution in [-0.4, -0.2) is 27.4 Å². The molecular formula is C27H31NO5. The van der Waals surface area contributed by atoms with Gasteiger partial charge in [-0.05, 0) is 97.7 Å². The molecule has 174 valence electrons. The van der Waals surface area contributed by atoms with Crippen molar-refractivity contribution < 1.29 is 23.7 Å². The molecule has 6 nitrogen and oxygen atoms in total. The number of carbonyl (C=O) groups is 1. The van der Waals surface area contributed by atoms with Crippen molar-refractivity contribution in [3.05, 3.63) is 53.6 Å². The second-order valence-electron chi connectivity index (χ2n) is 9.43. The van der Waals surface area contributed by atoms with Gasteiger partial charge in [-0.2, -0.15) is 0 Å². The number of nitrogens with one attached hydrogen (secondary N) is 1. The summed E-state index contributed by atoms with van der Waals surface area (Å²) in [5.74, 6) is 5.71. The molecule has 4 aliphatic carbocycles. The molecule has 0 heterocycles. The highest BCUT2D eigenvalue weighted by Gasteiger charge is 2.46. The van der Waals surface area contributed by atoms with Crippen LogP contribution in [0.2, 0.25) is 0 Å². The number of methoxy groups -OCH3 is 3. The van der Waals surface area contributed by atoms with Crippen molar-refractivity contribution in [1.29, 1.82) is 0 Å². The fraction of sp³-hybridized carbons (Fsp3) is 0.444. The van der Waals surface area contributed by atoms with Crippen LogP contribution in [0.4, 0.5) is 10.5 Å². The standard InChI is InChI=1S/C27H31NO5/c1-30-22-4-6-23(7-5-22)33-27(29)28-21-13-20(14-24(15-21)31-2)26(32-3)25-18-9-16-8-17(11-18)12-19(25)10-16/h4-7,13-19H,8-12H2,1-3H3,(H,28,29). The molecule has 6 heteroatoms. The summed E-state index contributed by atoms with van der Waals surface area (Å²) < 4.78 is 22.1. The van der Waals surface area contributed by atoms with Crippen LogP contribution in [0.25, 0.3) is 5.76 Å².